The van der Waals surface area contributed by atoms with E-state index < -0.39 is 0 Å². The Morgan fingerprint density at radius 1 is 1.22 bits per heavy atom. The summed E-state index contributed by atoms with van der Waals surface area (Å²) in [5, 5.41) is 0. The van der Waals surface area contributed by atoms with Gasteiger partial charge in [0, 0.05) is 46.5 Å². The molecule has 0 aliphatic carbocycles. The summed E-state index contributed by atoms with van der Waals surface area (Å²) >= 11 is 0. The zero-order valence-electron chi connectivity index (χ0n) is 11.3. The van der Waals surface area contributed by atoms with Crippen molar-refractivity contribution < 1.29 is 4.79 Å². The Hall–Kier alpha value is -1.62. The van der Waals surface area contributed by atoms with Crippen molar-refractivity contribution in [3.05, 3.63) is 23.9 Å². The zero-order chi connectivity index (χ0) is 13.1. The summed E-state index contributed by atoms with van der Waals surface area (Å²) < 4.78 is 0. The van der Waals surface area contributed by atoms with Crippen molar-refractivity contribution in [2.45, 2.75) is 0 Å². The average Bonchev–Trinajstić information content (AvgIpc) is 2.39. The van der Waals surface area contributed by atoms with Gasteiger partial charge in [-0.25, -0.2) is 4.98 Å². The number of carbonyl (C=O) groups excluding carboxylic acids is 1. The standard InChI is InChI=1S/C13H20N4O/c1-15(2)13(18)11-4-5-12(14-10-11)17-8-6-16(3)7-9-17/h4-5,10H,6-9H2,1-3H3. The van der Waals surface area contributed by atoms with Gasteiger partial charge < -0.3 is 14.7 Å². The van der Waals surface area contributed by atoms with Crippen molar-refractivity contribution in [3.8, 4) is 0 Å². The topological polar surface area (TPSA) is 39.7 Å². The maximum atomic E-state index is 11.7. The van der Waals surface area contributed by atoms with Crippen LogP contribution in [0.25, 0.3) is 0 Å². The fourth-order valence-electron chi connectivity index (χ4n) is 1.99. The first-order chi connectivity index (χ1) is 8.58. The second-order valence-corrected chi connectivity index (χ2v) is 4.89. The SMILES string of the molecule is CN1CCN(c2ccc(C(=O)N(C)C)cn2)CC1. The second kappa shape index (κ2) is 5.35. The Bertz CT molecular complexity index is 408. The Labute approximate surface area is 108 Å². The molecule has 0 spiro atoms. The van der Waals surface area contributed by atoms with Crippen molar-refractivity contribution in [2.75, 3.05) is 52.2 Å². The number of nitrogens with zero attached hydrogens (tertiary/aromatic N) is 4. The van der Waals surface area contributed by atoms with Gasteiger partial charge in [0.2, 0.25) is 0 Å². The molecular weight excluding hydrogens is 228 g/mol. The molecule has 0 radical (unpaired) electrons. The number of piperazine rings is 1. The summed E-state index contributed by atoms with van der Waals surface area (Å²) in [6.45, 7) is 4.09. The number of likely N-dealkylation sites (N-methyl/N-ethyl adjacent to an activating group) is 1. The molecule has 1 aromatic heterocycles. The van der Waals surface area contributed by atoms with E-state index in [2.05, 4.69) is 21.8 Å². The van der Waals surface area contributed by atoms with Crippen LogP contribution in [-0.4, -0.2) is 68.0 Å². The Morgan fingerprint density at radius 2 is 1.89 bits per heavy atom. The van der Waals surface area contributed by atoms with Crippen LogP contribution >= 0.6 is 0 Å². The van der Waals surface area contributed by atoms with Crippen molar-refractivity contribution in [1.29, 1.82) is 0 Å². The highest BCUT2D eigenvalue weighted by Gasteiger charge is 2.16. The third-order valence-electron chi connectivity index (χ3n) is 3.23. The van der Waals surface area contributed by atoms with Crippen LogP contribution in [0.1, 0.15) is 10.4 Å². The van der Waals surface area contributed by atoms with E-state index >= 15 is 0 Å². The Kier molecular flexibility index (Phi) is 3.81. The van der Waals surface area contributed by atoms with Crippen LogP contribution in [0, 0.1) is 0 Å². The molecular formula is C13H20N4O. The molecule has 0 saturated carbocycles. The van der Waals surface area contributed by atoms with Crippen LogP contribution in [0.2, 0.25) is 0 Å². The molecule has 0 atom stereocenters. The molecule has 0 aromatic carbocycles. The lowest BCUT2D eigenvalue weighted by Gasteiger charge is -2.33. The summed E-state index contributed by atoms with van der Waals surface area (Å²) in [6.07, 6.45) is 1.66. The number of aromatic nitrogens is 1. The van der Waals surface area contributed by atoms with Crippen molar-refractivity contribution in [2.24, 2.45) is 0 Å². The first-order valence-electron chi connectivity index (χ1n) is 6.19. The van der Waals surface area contributed by atoms with Crippen LogP contribution in [0.5, 0.6) is 0 Å². The predicted octanol–water partition coefficient (Wildman–Crippen LogP) is 0.535. The van der Waals surface area contributed by atoms with E-state index in [1.54, 1.807) is 25.2 Å². The van der Waals surface area contributed by atoms with Crippen LogP contribution in [-0.2, 0) is 0 Å². The van der Waals surface area contributed by atoms with Crippen LogP contribution < -0.4 is 4.90 Å². The highest BCUT2D eigenvalue weighted by Crippen LogP contribution is 2.14. The van der Waals surface area contributed by atoms with Gasteiger partial charge in [0.05, 0.1) is 5.56 Å². The van der Waals surface area contributed by atoms with E-state index in [0.717, 1.165) is 32.0 Å². The fourth-order valence-corrected chi connectivity index (χ4v) is 1.99. The molecule has 0 N–H and O–H groups in total. The van der Waals surface area contributed by atoms with Gasteiger partial charge in [-0.3, -0.25) is 4.79 Å². The quantitative estimate of drug-likeness (QED) is 0.765. The zero-order valence-corrected chi connectivity index (χ0v) is 11.3. The summed E-state index contributed by atoms with van der Waals surface area (Å²) in [5.41, 5.74) is 0.637. The maximum absolute atomic E-state index is 11.7. The maximum Gasteiger partial charge on any atom is 0.254 e. The summed E-state index contributed by atoms with van der Waals surface area (Å²) in [4.78, 5) is 22.3. The third-order valence-corrected chi connectivity index (χ3v) is 3.23. The molecule has 1 fully saturated rings. The number of anilines is 1. The minimum atomic E-state index is -0.00701. The molecule has 1 aliphatic heterocycles. The fraction of sp³-hybridized carbons (Fsp3) is 0.538. The molecule has 2 heterocycles. The van der Waals surface area contributed by atoms with Crippen molar-refractivity contribution in [3.63, 3.8) is 0 Å². The van der Waals surface area contributed by atoms with Gasteiger partial charge >= 0.3 is 0 Å². The van der Waals surface area contributed by atoms with E-state index in [1.165, 1.54) is 0 Å². The molecule has 0 unspecified atom stereocenters. The lowest BCUT2D eigenvalue weighted by atomic mass is 10.2. The molecule has 5 nitrogen and oxygen atoms in total. The number of carbonyl (C=O) groups is 1. The van der Waals surface area contributed by atoms with Crippen LogP contribution in [0.4, 0.5) is 5.82 Å². The number of pyridine rings is 1. The minimum absolute atomic E-state index is 0.00701. The van der Waals surface area contributed by atoms with E-state index in [-0.39, 0.29) is 5.91 Å². The molecule has 2 rings (SSSR count). The lowest BCUT2D eigenvalue weighted by molar-refractivity contribution is 0.0827. The molecule has 18 heavy (non-hydrogen) atoms. The lowest BCUT2D eigenvalue weighted by Crippen LogP contribution is -2.44. The first kappa shape index (κ1) is 12.8. The van der Waals surface area contributed by atoms with Gasteiger partial charge in [-0.2, -0.15) is 0 Å². The second-order valence-electron chi connectivity index (χ2n) is 4.89. The van der Waals surface area contributed by atoms with Gasteiger partial charge in [-0.1, -0.05) is 0 Å². The molecule has 0 bridgehead atoms. The van der Waals surface area contributed by atoms with Gasteiger partial charge in [0.25, 0.3) is 5.91 Å². The normalized spacial score (nSPS) is 16.7. The molecule has 1 aromatic rings. The third kappa shape index (κ3) is 2.79. The van der Waals surface area contributed by atoms with Gasteiger partial charge in [0.15, 0.2) is 0 Å². The first-order valence-corrected chi connectivity index (χ1v) is 6.19. The summed E-state index contributed by atoms with van der Waals surface area (Å²) in [6, 6.07) is 3.78. The highest BCUT2D eigenvalue weighted by atomic mass is 16.2. The molecule has 1 amide bonds. The average molecular weight is 248 g/mol. The van der Waals surface area contributed by atoms with Gasteiger partial charge in [0.1, 0.15) is 5.82 Å². The Morgan fingerprint density at radius 3 is 2.39 bits per heavy atom. The van der Waals surface area contributed by atoms with Crippen LogP contribution in [0.3, 0.4) is 0 Å². The monoisotopic (exact) mass is 248 g/mol. The predicted molar refractivity (Wildman–Crippen MR) is 72.0 cm³/mol. The largest absolute Gasteiger partial charge is 0.354 e. The molecule has 1 saturated heterocycles. The number of rotatable bonds is 2. The van der Waals surface area contributed by atoms with Crippen molar-refractivity contribution >= 4 is 11.7 Å². The number of hydrogen-bond acceptors (Lipinski definition) is 4. The number of amides is 1. The molecule has 5 heteroatoms. The summed E-state index contributed by atoms with van der Waals surface area (Å²) in [5.74, 6) is 0.950. The van der Waals surface area contributed by atoms with Crippen LogP contribution in [0.15, 0.2) is 18.3 Å². The Balaban J connectivity index is 2.06. The van der Waals surface area contributed by atoms with E-state index in [9.17, 15) is 4.79 Å². The van der Waals surface area contributed by atoms with Gasteiger partial charge in [-0.05, 0) is 19.2 Å². The minimum Gasteiger partial charge on any atom is -0.354 e. The van der Waals surface area contributed by atoms with E-state index in [4.69, 9.17) is 0 Å². The number of hydrogen-bond donors (Lipinski definition) is 0. The highest BCUT2D eigenvalue weighted by molar-refractivity contribution is 5.93. The summed E-state index contributed by atoms with van der Waals surface area (Å²) in [7, 11) is 5.62. The van der Waals surface area contributed by atoms with E-state index in [1.807, 2.05) is 12.1 Å². The molecule has 98 valence electrons. The van der Waals surface area contributed by atoms with Gasteiger partial charge in [-0.15, -0.1) is 0 Å². The molecule has 1 aliphatic rings. The van der Waals surface area contributed by atoms with E-state index in [0.29, 0.717) is 5.56 Å². The smallest absolute Gasteiger partial charge is 0.254 e. The van der Waals surface area contributed by atoms with Crippen molar-refractivity contribution in [1.82, 2.24) is 14.8 Å².